The van der Waals surface area contributed by atoms with E-state index in [1.807, 2.05) is 12.3 Å². The second-order valence-corrected chi connectivity index (χ2v) is 4.39. The average Bonchev–Trinajstić information content (AvgIpc) is 2.33. The largest absolute Gasteiger partial charge is 0.345 e. The molecule has 0 aromatic carbocycles. The minimum absolute atomic E-state index is 0.684. The number of H-pyrrole nitrogens is 1. The second-order valence-electron chi connectivity index (χ2n) is 4.00. The van der Waals surface area contributed by atoms with Gasteiger partial charge in [-0.1, -0.05) is 25.6 Å². The topological polar surface area (TPSA) is 41.6 Å². The first-order chi connectivity index (χ1) is 8.24. The van der Waals surface area contributed by atoms with E-state index in [2.05, 4.69) is 28.8 Å². The number of aryl methyl sites for hydroxylation is 1. The van der Waals surface area contributed by atoms with Gasteiger partial charge in [-0.2, -0.15) is 0 Å². The van der Waals surface area contributed by atoms with Crippen molar-refractivity contribution >= 4 is 12.2 Å². The maximum atomic E-state index is 5.30. The standard InChI is InChI=1S/C13H15N3S/c1-3-4-10-12(15-8-16-13(10)17)11-7-14-6-5-9(11)2/h5-8H,3-4H2,1-2H3,(H,15,16,17). The summed E-state index contributed by atoms with van der Waals surface area (Å²) in [6.07, 6.45) is 7.31. The van der Waals surface area contributed by atoms with Crippen LogP contribution in [0.4, 0.5) is 0 Å². The molecule has 2 aromatic rings. The van der Waals surface area contributed by atoms with Crippen molar-refractivity contribution in [2.45, 2.75) is 26.7 Å². The molecule has 2 rings (SSSR count). The lowest BCUT2D eigenvalue weighted by Crippen LogP contribution is -1.98. The van der Waals surface area contributed by atoms with E-state index < -0.39 is 0 Å². The van der Waals surface area contributed by atoms with Crippen molar-refractivity contribution in [2.24, 2.45) is 0 Å². The smallest absolute Gasteiger partial charge is 0.133 e. The molecule has 0 bridgehead atoms. The lowest BCUT2D eigenvalue weighted by molar-refractivity contribution is 0.897. The van der Waals surface area contributed by atoms with E-state index in [1.165, 1.54) is 5.56 Å². The summed E-state index contributed by atoms with van der Waals surface area (Å²) in [6, 6.07) is 2.00. The Morgan fingerprint density at radius 1 is 1.41 bits per heavy atom. The summed E-state index contributed by atoms with van der Waals surface area (Å²) in [4.78, 5) is 11.5. The Morgan fingerprint density at radius 3 is 2.94 bits per heavy atom. The molecule has 0 saturated carbocycles. The predicted octanol–water partition coefficient (Wildman–Crippen LogP) is 3.46. The number of aromatic amines is 1. The van der Waals surface area contributed by atoms with Crippen LogP contribution in [0, 0.1) is 11.6 Å². The highest BCUT2D eigenvalue weighted by Crippen LogP contribution is 2.24. The normalized spacial score (nSPS) is 10.5. The van der Waals surface area contributed by atoms with Crippen LogP contribution >= 0.6 is 12.2 Å². The summed E-state index contributed by atoms with van der Waals surface area (Å²) in [7, 11) is 0. The maximum Gasteiger partial charge on any atom is 0.133 e. The van der Waals surface area contributed by atoms with Gasteiger partial charge in [-0.05, 0) is 25.0 Å². The van der Waals surface area contributed by atoms with E-state index in [1.54, 1.807) is 12.5 Å². The predicted molar refractivity (Wildman–Crippen MR) is 71.4 cm³/mol. The van der Waals surface area contributed by atoms with Crippen LogP contribution < -0.4 is 0 Å². The molecule has 0 spiro atoms. The lowest BCUT2D eigenvalue weighted by atomic mass is 10.0. The van der Waals surface area contributed by atoms with Crippen LogP contribution in [0.1, 0.15) is 24.5 Å². The Labute approximate surface area is 106 Å². The number of rotatable bonds is 3. The van der Waals surface area contributed by atoms with Gasteiger partial charge in [0.05, 0.1) is 12.0 Å². The van der Waals surface area contributed by atoms with Crippen molar-refractivity contribution in [3.63, 3.8) is 0 Å². The van der Waals surface area contributed by atoms with Gasteiger partial charge in [0.25, 0.3) is 0 Å². The zero-order valence-corrected chi connectivity index (χ0v) is 10.8. The lowest BCUT2D eigenvalue weighted by Gasteiger charge is -2.10. The monoisotopic (exact) mass is 245 g/mol. The van der Waals surface area contributed by atoms with Crippen molar-refractivity contribution < 1.29 is 0 Å². The van der Waals surface area contributed by atoms with Crippen LogP contribution in [0.15, 0.2) is 24.8 Å². The van der Waals surface area contributed by atoms with E-state index in [4.69, 9.17) is 12.2 Å². The van der Waals surface area contributed by atoms with Crippen molar-refractivity contribution in [3.05, 3.63) is 40.6 Å². The van der Waals surface area contributed by atoms with Gasteiger partial charge >= 0.3 is 0 Å². The fourth-order valence-electron chi connectivity index (χ4n) is 1.88. The number of aromatic nitrogens is 3. The molecule has 0 atom stereocenters. The van der Waals surface area contributed by atoms with Gasteiger partial charge in [-0.25, -0.2) is 4.98 Å². The summed E-state index contributed by atoms with van der Waals surface area (Å²) in [6.45, 7) is 4.21. The van der Waals surface area contributed by atoms with Gasteiger partial charge in [0.1, 0.15) is 4.64 Å². The molecule has 2 heterocycles. The van der Waals surface area contributed by atoms with Gasteiger partial charge < -0.3 is 4.98 Å². The number of hydrogen-bond acceptors (Lipinski definition) is 3. The van der Waals surface area contributed by atoms with Gasteiger partial charge in [0.2, 0.25) is 0 Å². The van der Waals surface area contributed by atoms with E-state index >= 15 is 0 Å². The molecule has 0 aliphatic rings. The highest BCUT2D eigenvalue weighted by molar-refractivity contribution is 7.71. The van der Waals surface area contributed by atoms with Crippen LogP contribution in [0.25, 0.3) is 11.3 Å². The van der Waals surface area contributed by atoms with E-state index in [-0.39, 0.29) is 0 Å². The number of nitrogens with zero attached hydrogens (tertiary/aromatic N) is 2. The molecule has 0 fully saturated rings. The Kier molecular flexibility index (Phi) is 3.64. The van der Waals surface area contributed by atoms with Crippen molar-refractivity contribution in [1.29, 1.82) is 0 Å². The molecule has 0 aliphatic heterocycles. The van der Waals surface area contributed by atoms with Crippen LogP contribution in [0.2, 0.25) is 0 Å². The molecule has 1 N–H and O–H groups in total. The maximum absolute atomic E-state index is 5.30. The molecule has 4 heteroatoms. The Morgan fingerprint density at radius 2 is 2.24 bits per heavy atom. The van der Waals surface area contributed by atoms with Crippen LogP contribution in [-0.4, -0.2) is 15.0 Å². The Bertz CT molecular complexity index is 575. The third-order valence-electron chi connectivity index (χ3n) is 2.76. The molecular weight excluding hydrogens is 230 g/mol. The van der Waals surface area contributed by atoms with Crippen LogP contribution in [-0.2, 0) is 6.42 Å². The number of pyridine rings is 1. The first-order valence-electron chi connectivity index (χ1n) is 5.71. The van der Waals surface area contributed by atoms with Crippen LogP contribution in [0.5, 0.6) is 0 Å². The van der Waals surface area contributed by atoms with E-state index in [9.17, 15) is 0 Å². The minimum Gasteiger partial charge on any atom is -0.345 e. The molecule has 3 nitrogen and oxygen atoms in total. The highest BCUT2D eigenvalue weighted by atomic mass is 32.1. The van der Waals surface area contributed by atoms with Crippen molar-refractivity contribution in [1.82, 2.24) is 15.0 Å². The summed E-state index contributed by atoms with van der Waals surface area (Å²) < 4.78 is 0.684. The Hall–Kier alpha value is -1.55. The summed E-state index contributed by atoms with van der Waals surface area (Å²) in [5.74, 6) is 0. The molecule has 0 saturated heterocycles. The van der Waals surface area contributed by atoms with Crippen molar-refractivity contribution in [2.75, 3.05) is 0 Å². The molecule has 88 valence electrons. The highest BCUT2D eigenvalue weighted by Gasteiger charge is 2.09. The van der Waals surface area contributed by atoms with E-state index in [0.29, 0.717) is 4.64 Å². The first-order valence-corrected chi connectivity index (χ1v) is 6.12. The quantitative estimate of drug-likeness (QED) is 0.842. The second kappa shape index (κ2) is 5.19. The average molecular weight is 245 g/mol. The zero-order valence-electron chi connectivity index (χ0n) is 10.0. The van der Waals surface area contributed by atoms with Crippen molar-refractivity contribution in [3.8, 4) is 11.3 Å². The van der Waals surface area contributed by atoms with Gasteiger partial charge in [-0.15, -0.1) is 0 Å². The van der Waals surface area contributed by atoms with Crippen LogP contribution in [0.3, 0.4) is 0 Å². The fraction of sp³-hybridized carbons (Fsp3) is 0.308. The van der Waals surface area contributed by atoms with Gasteiger partial charge in [0.15, 0.2) is 0 Å². The molecule has 0 radical (unpaired) electrons. The molecule has 0 unspecified atom stereocenters. The summed E-state index contributed by atoms with van der Waals surface area (Å²) >= 11 is 5.30. The summed E-state index contributed by atoms with van der Waals surface area (Å²) in [5.41, 5.74) is 4.46. The zero-order chi connectivity index (χ0) is 12.3. The molecule has 2 aromatic heterocycles. The van der Waals surface area contributed by atoms with E-state index in [0.717, 1.165) is 29.7 Å². The molecule has 0 amide bonds. The Balaban J connectivity index is 2.63. The molecule has 0 aliphatic carbocycles. The molecule has 17 heavy (non-hydrogen) atoms. The molecular formula is C13H15N3S. The summed E-state index contributed by atoms with van der Waals surface area (Å²) in [5, 5.41) is 0. The third-order valence-corrected chi connectivity index (χ3v) is 3.11. The minimum atomic E-state index is 0.684. The first kappa shape index (κ1) is 11.9. The third kappa shape index (κ3) is 2.42. The number of nitrogens with one attached hydrogen (secondary N) is 1. The van der Waals surface area contributed by atoms with Gasteiger partial charge in [-0.3, -0.25) is 4.98 Å². The van der Waals surface area contributed by atoms with Gasteiger partial charge in [0, 0.05) is 23.5 Å². The SMILES string of the molecule is CCCc1c(-c2cnccc2C)[nH]cnc1=S. The number of hydrogen-bond donors (Lipinski definition) is 1. The fourth-order valence-corrected chi connectivity index (χ4v) is 2.13.